The van der Waals surface area contributed by atoms with E-state index in [2.05, 4.69) is 5.32 Å². The SMILES string of the molecule is COc1cc(N(CC(=O)Nc2cccc(F)c2)C(C)=O)c(OC)cc1Cl. The minimum absolute atomic E-state index is 0.291. The Labute approximate surface area is 155 Å². The number of nitrogens with one attached hydrogen (secondary N) is 1. The minimum atomic E-state index is -0.498. The van der Waals surface area contributed by atoms with E-state index in [1.807, 2.05) is 0 Å². The third-order valence-electron chi connectivity index (χ3n) is 3.53. The molecule has 0 atom stereocenters. The second kappa shape index (κ2) is 8.53. The molecular formula is C18H18ClFN2O4. The van der Waals surface area contributed by atoms with Crippen LogP contribution in [-0.2, 0) is 9.59 Å². The van der Waals surface area contributed by atoms with Crippen LogP contribution in [0, 0.1) is 5.82 Å². The number of benzene rings is 2. The Bertz CT molecular complexity index is 829. The highest BCUT2D eigenvalue weighted by atomic mass is 35.5. The summed E-state index contributed by atoms with van der Waals surface area (Å²) in [7, 11) is 2.86. The van der Waals surface area contributed by atoms with Gasteiger partial charge in [-0.15, -0.1) is 0 Å². The molecule has 2 aromatic rings. The molecular weight excluding hydrogens is 363 g/mol. The monoisotopic (exact) mass is 380 g/mol. The van der Waals surface area contributed by atoms with Crippen LogP contribution in [0.3, 0.4) is 0 Å². The van der Waals surface area contributed by atoms with Crippen molar-refractivity contribution in [1.29, 1.82) is 0 Å². The molecule has 1 N–H and O–H groups in total. The van der Waals surface area contributed by atoms with Gasteiger partial charge in [0.1, 0.15) is 23.9 Å². The summed E-state index contributed by atoms with van der Waals surface area (Å²) in [6, 6.07) is 8.48. The van der Waals surface area contributed by atoms with Gasteiger partial charge in [0.2, 0.25) is 11.8 Å². The van der Waals surface area contributed by atoms with Gasteiger partial charge in [0.15, 0.2) is 0 Å². The van der Waals surface area contributed by atoms with Crippen molar-refractivity contribution in [2.24, 2.45) is 0 Å². The van der Waals surface area contributed by atoms with E-state index in [0.29, 0.717) is 27.9 Å². The van der Waals surface area contributed by atoms with Crippen LogP contribution in [0.25, 0.3) is 0 Å². The van der Waals surface area contributed by atoms with E-state index in [4.69, 9.17) is 21.1 Å². The van der Waals surface area contributed by atoms with Gasteiger partial charge in [0, 0.05) is 24.7 Å². The fourth-order valence-corrected chi connectivity index (χ4v) is 2.56. The third-order valence-corrected chi connectivity index (χ3v) is 3.83. The molecule has 0 saturated heterocycles. The van der Waals surface area contributed by atoms with Crippen LogP contribution in [0.2, 0.25) is 5.02 Å². The van der Waals surface area contributed by atoms with Crippen molar-refractivity contribution in [2.75, 3.05) is 31.0 Å². The van der Waals surface area contributed by atoms with Gasteiger partial charge in [0.05, 0.1) is 24.9 Å². The number of anilines is 2. The minimum Gasteiger partial charge on any atom is -0.495 e. The van der Waals surface area contributed by atoms with Crippen LogP contribution in [0.5, 0.6) is 11.5 Å². The molecule has 0 aliphatic heterocycles. The maximum atomic E-state index is 13.2. The molecule has 0 heterocycles. The van der Waals surface area contributed by atoms with Crippen LogP contribution < -0.4 is 19.7 Å². The molecule has 2 rings (SSSR count). The first kappa shape index (κ1) is 19.5. The average Bonchev–Trinajstić information content (AvgIpc) is 2.59. The fraction of sp³-hybridized carbons (Fsp3) is 0.222. The highest BCUT2D eigenvalue weighted by Crippen LogP contribution is 2.38. The maximum Gasteiger partial charge on any atom is 0.244 e. The van der Waals surface area contributed by atoms with Crippen LogP contribution in [-0.4, -0.2) is 32.6 Å². The van der Waals surface area contributed by atoms with Crippen LogP contribution in [0.4, 0.5) is 15.8 Å². The first-order chi connectivity index (χ1) is 12.3. The summed E-state index contributed by atoms with van der Waals surface area (Å²) in [6.07, 6.45) is 0. The van der Waals surface area contributed by atoms with Crippen molar-refractivity contribution < 1.29 is 23.5 Å². The highest BCUT2D eigenvalue weighted by molar-refractivity contribution is 6.32. The molecule has 0 aromatic heterocycles. The Morgan fingerprint density at radius 3 is 2.42 bits per heavy atom. The number of nitrogens with zero attached hydrogens (tertiary/aromatic N) is 1. The van der Waals surface area contributed by atoms with E-state index in [-0.39, 0.29) is 12.5 Å². The lowest BCUT2D eigenvalue weighted by Gasteiger charge is -2.23. The van der Waals surface area contributed by atoms with E-state index >= 15 is 0 Å². The largest absolute Gasteiger partial charge is 0.495 e. The van der Waals surface area contributed by atoms with E-state index in [9.17, 15) is 14.0 Å². The lowest BCUT2D eigenvalue weighted by molar-refractivity contribution is -0.120. The summed E-state index contributed by atoms with van der Waals surface area (Å²) in [4.78, 5) is 25.6. The molecule has 0 radical (unpaired) electrons. The molecule has 2 aromatic carbocycles. The van der Waals surface area contributed by atoms with Crippen molar-refractivity contribution in [3.05, 3.63) is 47.2 Å². The van der Waals surface area contributed by atoms with Crippen LogP contribution in [0.15, 0.2) is 36.4 Å². The Morgan fingerprint density at radius 1 is 1.15 bits per heavy atom. The summed E-state index contributed by atoms with van der Waals surface area (Å²) in [6.45, 7) is 1.02. The van der Waals surface area contributed by atoms with Gasteiger partial charge in [-0.2, -0.15) is 0 Å². The number of hydrogen-bond acceptors (Lipinski definition) is 4. The first-order valence-electron chi connectivity index (χ1n) is 7.60. The van der Waals surface area contributed by atoms with E-state index < -0.39 is 11.7 Å². The van der Waals surface area contributed by atoms with Crippen molar-refractivity contribution >= 4 is 34.8 Å². The maximum absolute atomic E-state index is 13.2. The zero-order valence-electron chi connectivity index (χ0n) is 14.5. The van der Waals surface area contributed by atoms with Crippen molar-refractivity contribution in [3.63, 3.8) is 0 Å². The van der Waals surface area contributed by atoms with Gasteiger partial charge in [-0.3, -0.25) is 14.5 Å². The number of amides is 2. The lowest BCUT2D eigenvalue weighted by Crippen LogP contribution is -2.37. The number of rotatable bonds is 6. The Kier molecular flexibility index (Phi) is 6.41. The zero-order valence-corrected chi connectivity index (χ0v) is 15.3. The van der Waals surface area contributed by atoms with Gasteiger partial charge in [-0.1, -0.05) is 17.7 Å². The topological polar surface area (TPSA) is 67.9 Å². The van der Waals surface area contributed by atoms with Gasteiger partial charge >= 0.3 is 0 Å². The molecule has 6 nitrogen and oxygen atoms in total. The summed E-state index contributed by atoms with van der Waals surface area (Å²) < 4.78 is 23.7. The number of methoxy groups -OCH3 is 2. The normalized spacial score (nSPS) is 10.2. The Balaban J connectivity index is 2.29. The lowest BCUT2D eigenvalue weighted by atomic mass is 10.2. The van der Waals surface area contributed by atoms with Gasteiger partial charge in [-0.05, 0) is 18.2 Å². The number of carbonyl (C=O) groups excluding carboxylic acids is 2. The molecule has 0 unspecified atom stereocenters. The molecule has 0 bridgehead atoms. The van der Waals surface area contributed by atoms with Crippen LogP contribution in [0.1, 0.15) is 6.92 Å². The quantitative estimate of drug-likeness (QED) is 0.833. The summed E-state index contributed by atoms with van der Waals surface area (Å²) in [5.41, 5.74) is 0.620. The van der Waals surface area contributed by atoms with Crippen LogP contribution >= 0.6 is 11.6 Å². The summed E-state index contributed by atoms with van der Waals surface area (Å²) >= 11 is 6.07. The second-order valence-electron chi connectivity index (χ2n) is 5.32. The molecule has 0 aliphatic rings. The van der Waals surface area contributed by atoms with Crippen molar-refractivity contribution in [3.8, 4) is 11.5 Å². The number of carbonyl (C=O) groups is 2. The third kappa shape index (κ3) is 4.64. The Hall–Kier alpha value is -2.80. The Morgan fingerprint density at radius 2 is 1.85 bits per heavy atom. The van der Waals surface area contributed by atoms with Gasteiger partial charge in [-0.25, -0.2) is 4.39 Å². The van der Waals surface area contributed by atoms with Crippen molar-refractivity contribution in [1.82, 2.24) is 0 Å². The van der Waals surface area contributed by atoms with Crippen molar-refractivity contribution in [2.45, 2.75) is 6.92 Å². The molecule has 0 saturated carbocycles. The van der Waals surface area contributed by atoms with Gasteiger partial charge < -0.3 is 14.8 Å². The van der Waals surface area contributed by atoms with E-state index in [1.165, 1.54) is 56.4 Å². The molecule has 0 fully saturated rings. The highest BCUT2D eigenvalue weighted by Gasteiger charge is 2.22. The summed E-state index contributed by atoms with van der Waals surface area (Å²) in [5, 5.41) is 2.85. The second-order valence-corrected chi connectivity index (χ2v) is 5.73. The molecule has 26 heavy (non-hydrogen) atoms. The predicted octanol–water partition coefficient (Wildman–Crippen LogP) is 3.49. The molecule has 8 heteroatoms. The molecule has 2 amide bonds. The summed E-state index contributed by atoms with van der Waals surface area (Å²) in [5.74, 6) is -0.719. The molecule has 0 spiro atoms. The number of ether oxygens (including phenoxy) is 2. The zero-order chi connectivity index (χ0) is 19.3. The average molecular weight is 381 g/mol. The first-order valence-corrected chi connectivity index (χ1v) is 7.98. The van der Waals surface area contributed by atoms with E-state index in [1.54, 1.807) is 6.07 Å². The number of halogens is 2. The predicted molar refractivity (Wildman–Crippen MR) is 97.6 cm³/mol. The molecule has 0 aliphatic carbocycles. The van der Waals surface area contributed by atoms with Gasteiger partial charge in [0.25, 0.3) is 0 Å². The molecule has 138 valence electrons. The van der Waals surface area contributed by atoms with E-state index in [0.717, 1.165) is 0 Å². The smallest absolute Gasteiger partial charge is 0.244 e. The fourth-order valence-electron chi connectivity index (χ4n) is 2.33. The number of hydrogen-bond donors (Lipinski definition) is 1. The standard InChI is InChI=1S/C18H18ClFN2O4/c1-11(23)22(10-18(24)21-13-6-4-5-12(20)7-13)15-9-16(25-2)14(19)8-17(15)26-3/h4-9H,10H2,1-3H3,(H,21,24).